The van der Waals surface area contributed by atoms with Crippen LogP contribution < -0.4 is 9.62 Å². The van der Waals surface area contributed by atoms with Gasteiger partial charge in [-0.15, -0.1) is 0 Å². The van der Waals surface area contributed by atoms with Crippen molar-refractivity contribution in [1.82, 2.24) is 19.5 Å². The van der Waals surface area contributed by atoms with Gasteiger partial charge in [-0.25, -0.2) is 13.4 Å². The highest BCUT2D eigenvalue weighted by molar-refractivity contribution is 7.92. The minimum Gasteiger partial charge on any atom is -0.374 e. The normalized spacial score (nSPS) is 20.4. The number of aliphatic hydroxyl groups excluding tert-OH is 1. The molecule has 2 aromatic heterocycles. The van der Waals surface area contributed by atoms with Crippen molar-refractivity contribution in [3.63, 3.8) is 0 Å². The standard InChI is InChI=1S/C27H38N6O3S/c1-18-11-12-22(30-37(4,35)36)21(16-18)27(34)32-15-9-6-10-24(32)23-17-25-28-20(3)19(2)26(33(25)29-23)31-13-7-5-8-14-31/h11-12,16-17,24,27,30,34H,5-10,13-15H2,1-4H3. The van der Waals surface area contributed by atoms with Gasteiger partial charge in [-0.1, -0.05) is 24.1 Å². The van der Waals surface area contributed by atoms with Crippen molar-refractivity contribution in [3.05, 3.63) is 52.3 Å². The number of anilines is 2. The second-order valence-electron chi connectivity index (χ2n) is 10.6. The van der Waals surface area contributed by atoms with Gasteiger partial charge in [-0.05, 0) is 58.9 Å². The van der Waals surface area contributed by atoms with E-state index in [2.05, 4.69) is 29.5 Å². The average Bonchev–Trinajstić information content (AvgIpc) is 3.28. The number of hydrogen-bond donors (Lipinski definition) is 2. The van der Waals surface area contributed by atoms with Crippen LogP contribution in [0.3, 0.4) is 0 Å². The molecule has 2 aliphatic heterocycles. The monoisotopic (exact) mass is 526 g/mol. The molecule has 0 aliphatic carbocycles. The van der Waals surface area contributed by atoms with Crippen LogP contribution in [0.4, 0.5) is 11.5 Å². The number of fused-ring (bicyclic) bond motifs is 1. The number of likely N-dealkylation sites (tertiary alicyclic amines) is 1. The summed E-state index contributed by atoms with van der Waals surface area (Å²) in [4.78, 5) is 9.34. The molecule has 0 saturated carbocycles. The Balaban J connectivity index is 1.54. The first-order chi connectivity index (χ1) is 17.6. The number of hydrogen-bond acceptors (Lipinski definition) is 7. The first-order valence-electron chi connectivity index (χ1n) is 13.3. The zero-order valence-electron chi connectivity index (χ0n) is 22.2. The molecule has 10 heteroatoms. The third-order valence-electron chi connectivity index (χ3n) is 7.71. The fourth-order valence-electron chi connectivity index (χ4n) is 5.77. The van der Waals surface area contributed by atoms with Crippen molar-refractivity contribution in [2.24, 2.45) is 0 Å². The lowest BCUT2D eigenvalue weighted by Crippen LogP contribution is -2.37. The van der Waals surface area contributed by atoms with Crippen LogP contribution in [0.1, 0.15) is 78.9 Å². The summed E-state index contributed by atoms with van der Waals surface area (Å²) in [6.07, 6.45) is 6.62. The Hall–Kier alpha value is -2.69. The van der Waals surface area contributed by atoms with Crippen molar-refractivity contribution in [1.29, 1.82) is 0 Å². The molecule has 2 aliphatic rings. The number of aromatic nitrogens is 3. The van der Waals surface area contributed by atoms with E-state index in [1.54, 1.807) is 6.07 Å². The summed E-state index contributed by atoms with van der Waals surface area (Å²) in [5, 5.41) is 16.7. The van der Waals surface area contributed by atoms with E-state index in [0.29, 0.717) is 17.8 Å². The molecule has 200 valence electrons. The van der Waals surface area contributed by atoms with E-state index in [-0.39, 0.29) is 6.04 Å². The third kappa shape index (κ3) is 5.32. The summed E-state index contributed by atoms with van der Waals surface area (Å²) in [6, 6.07) is 7.38. The predicted molar refractivity (Wildman–Crippen MR) is 146 cm³/mol. The number of benzene rings is 1. The topological polar surface area (TPSA) is 103 Å². The van der Waals surface area contributed by atoms with Gasteiger partial charge in [0.2, 0.25) is 10.0 Å². The summed E-state index contributed by atoms with van der Waals surface area (Å²) in [5.41, 5.74) is 5.79. The minimum absolute atomic E-state index is 0.105. The Morgan fingerprint density at radius 2 is 1.76 bits per heavy atom. The fourth-order valence-corrected chi connectivity index (χ4v) is 6.36. The third-order valence-corrected chi connectivity index (χ3v) is 8.30. The van der Waals surface area contributed by atoms with Crippen LogP contribution >= 0.6 is 0 Å². The smallest absolute Gasteiger partial charge is 0.229 e. The Morgan fingerprint density at radius 1 is 1.03 bits per heavy atom. The van der Waals surface area contributed by atoms with Gasteiger partial charge in [0.05, 0.1) is 23.7 Å². The number of aliphatic hydroxyl groups is 1. The van der Waals surface area contributed by atoms with E-state index in [4.69, 9.17) is 10.1 Å². The molecule has 3 aromatic rings. The Labute approximate surface area is 219 Å². The summed E-state index contributed by atoms with van der Waals surface area (Å²) >= 11 is 0. The summed E-state index contributed by atoms with van der Waals surface area (Å²) in [7, 11) is -3.49. The van der Waals surface area contributed by atoms with E-state index >= 15 is 0 Å². The molecule has 2 unspecified atom stereocenters. The lowest BCUT2D eigenvalue weighted by molar-refractivity contribution is -0.0451. The first kappa shape index (κ1) is 25.9. The van der Waals surface area contributed by atoms with Gasteiger partial charge in [-0.3, -0.25) is 9.62 Å². The van der Waals surface area contributed by atoms with Gasteiger partial charge >= 0.3 is 0 Å². The van der Waals surface area contributed by atoms with Crippen LogP contribution in [-0.2, 0) is 10.0 Å². The maximum Gasteiger partial charge on any atom is 0.229 e. The highest BCUT2D eigenvalue weighted by atomic mass is 32.2. The Bertz CT molecular complexity index is 1400. The molecular weight excluding hydrogens is 488 g/mol. The number of aryl methyl sites for hydroxylation is 2. The van der Waals surface area contributed by atoms with Crippen LogP contribution in [0, 0.1) is 20.8 Å². The average molecular weight is 527 g/mol. The van der Waals surface area contributed by atoms with Crippen LogP contribution in [0.2, 0.25) is 0 Å². The van der Waals surface area contributed by atoms with Gasteiger partial charge in [-0.2, -0.15) is 9.61 Å². The van der Waals surface area contributed by atoms with Gasteiger partial charge < -0.3 is 10.0 Å². The van der Waals surface area contributed by atoms with Crippen LogP contribution in [-0.4, -0.2) is 58.9 Å². The predicted octanol–water partition coefficient (Wildman–Crippen LogP) is 4.23. The zero-order chi connectivity index (χ0) is 26.3. The number of rotatable bonds is 6. The summed E-state index contributed by atoms with van der Waals surface area (Å²) in [5.74, 6) is 1.12. The summed E-state index contributed by atoms with van der Waals surface area (Å²) in [6.45, 7) is 8.85. The molecule has 0 bridgehead atoms. The number of piperidine rings is 2. The molecule has 37 heavy (non-hydrogen) atoms. The minimum atomic E-state index is -3.49. The van der Waals surface area contributed by atoms with Gasteiger partial charge in [0.25, 0.3) is 0 Å². The largest absolute Gasteiger partial charge is 0.374 e. The van der Waals surface area contributed by atoms with E-state index in [0.717, 1.165) is 72.6 Å². The van der Waals surface area contributed by atoms with Crippen molar-refractivity contribution in [3.8, 4) is 0 Å². The second kappa shape index (κ2) is 10.2. The zero-order valence-corrected chi connectivity index (χ0v) is 23.1. The maximum absolute atomic E-state index is 12.0. The quantitative estimate of drug-likeness (QED) is 0.495. The summed E-state index contributed by atoms with van der Waals surface area (Å²) < 4.78 is 28.6. The molecule has 5 rings (SSSR count). The van der Waals surface area contributed by atoms with Gasteiger partial charge in [0.15, 0.2) is 5.65 Å². The molecule has 0 amide bonds. The maximum atomic E-state index is 12.0. The molecule has 4 heterocycles. The van der Waals surface area contributed by atoms with E-state index < -0.39 is 16.3 Å². The van der Waals surface area contributed by atoms with Crippen LogP contribution in [0.25, 0.3) is 5.65 Å². The highest BCUT2D eigenvalue weighted by Crippen LogP contribution is 2.39. The molecule has 0 spiro atoms. The second-order valence-corrected chi connectivity index (χ2v) is 12.4. The highest BCUT2D eigenvalue weighted by Gasteiger charge is 2.33. The van der Waals surface area contributed by atoms with Crippen molar-refractivity contribution in [2.75, 3.05) is 35.5 Å². The number of sulfonamides is 1. The van der Waals surface area contributed by atoms with E-state index in [1.165, 1.54) is 19.3 Å². The number of nitrogens with zero attached hydrogens (tertiary/aromatic N) is 5. The number of nitrogens with one attached hydrogen (secondary N) is 1. The molecule has 2 fully saturated rings. The first-order valence-corrected chi connectivity index (χ1v) is 15.2. The molecule has 9 nitrogen and oxygen atoms in total. The SMILES string of the molecule is Cc1ccc(NS(C)(=O)=O)c(C(O)N2CCCCC2c2cc3nc(C)c(C)c(N4CCCCC4)n3n2)c1. The molecule has 1 aromatic carbocycles. The molecule has 0 radical (unpaired) electrons. The molecule has 2 N–H and O–H groups in total. The van der Waals surface area contributed by atoms with Gasteiger partial charge in [0.1, 0.15) is 12.0 Å². The van der Waals surface area contributed by atoms with Crippen LogP contribution in [0.5, 0.6) is 0 Å². The molecule has 2 atom stereocenters. The van der Waals surface area contributed by atoms with Crippen molar-refractivity contribution < 1.29 is 13.5 Å². The van der Waals surface area contributed by atoms with E-state index in [1.807, 2.05) is 28.5 Å². The fraction of sp³-hybridized carbons (Fsp3) is 0.556. The lowest BCUT2D eigenvalue weighted by Gasteiger charge is -2.38. The van der Waals surface area contributed by atoms with Gasteiger partial charge in [0, 0.05) is 42.5 Å². The molecule has 2 saturated heterocycles. The van der Waals surface area contributed by atoms with Crippen LogP contribution in [0.15, 0.2) is 24.3 Å². The van der Waals surface area contributed by atoms with Crippen molar-refractivity contribution >= 4 is 27.2 Å². The Kier molecular flexibility index (Phi) is 7.17. The lowest BCUT2D eigenvalue weighted by atomic mass is 9.97. The Morgan fingerprint density at radius 3 is 2.49 bits per heavy atom. The van der Waals surface area contributed by atoms with Crippen molar-refractivity contribution in [2.45, 2.75) is 71.6 Å². The molecular formula is C27H38N6O3S. The van der Waals surface area contributed by atoms with E-state index in [9.17, 15) is 13.5 Å².